The molecule has 0 aromatic heterocycles. The summed E-state index contributed by atoms with van der Waals surface area (Å²) in [4.78, 5) is 0. The zero-order valence-electron chi connectivity index (χ0n) is 14.6. The largest absolute Gasteiger partial charge is 0.0938 e. The quantitative estimate of drug-likeness (QED) is 0.605. The molecule has 22 heavy (non-hydrogen) atoms. The van der Waals surface area contributed by atoms with Crippen LogP contribution >= 0.6 is 0 Å². The van der Waals surface area contributed by atoms with Crippen LogP contribution in [-0.2, 0) is 11.5 Å². The van der Waals surface area contributed by atoms with Crippen molar-refractivity contribution in [1.29, 1.82) is 0 Å². The molecule has 0 radical (unpaired) electrons. The topological polar surface area (TPSA) is 0 Å². The van der Waals surface area contributed by atoms with E-state index in [0.29, 0.717) is 0 Å². The Labute approximate surface area is 136 Å². The number of benzene rings is 2. The Balaban J connectivity index is 2.07. The predicted octanol–water partition coefficient (Wildman–Crippen LogP) is 6.03. The molecule has 0 unspecified atom stereocenters. The second kappa shape index (κ2) is 6.66. The second-order valence-corrected chi connectivity index (χ2v) is 12.5. The van der Waals surface area contributed by atoms with Crippen LogP contribution in [-0.4, -0.2) is 8.07 Å². The summed E-state index contributed by atoms with van der Waals surface area (Å²) >= 11 is 0. The molecule has 0 atom stereocenters. The van der Waals surface area contributed by atoms with Crippen LogP contribution < -0.4 is 0 Å². The summed E-state index contributed by atoms with van der Waals surface area (Å²) < 4.78 is 0. The van der Waals surface area contributed by atoms with Gasteiger partial charge in [0.2, 0.25) is 0 Å². The fourth-order valence-corrected chi connectivity index (χ4v) is 4.65. The highest BCUT2D eigenvalue weighted by Gasteiger charge is 2.17. The van der Waals surface area contributed by atoms with Gasteiger partial charge in [-0.1, -0.05) is 106 Å². The molecule has 0 saturated carbocycles. The molecule has 116 valence electrons. The van der Waals surface area contributed by atoms with Gasteiger partial charge in [0.05, 0.1) is 8.07 Å². The molecule has 2 rings (SSSR count). The fourth-order valence-electron chi connectivity index (χ4n) is 2.60. The van der Waals surface area contributed by atoms with Gasteiger partial charge in [0.1, 0.15) is 0 Å². The van der Waals surface area contributed by atoms with Crippen molar-refractivity contribution < 1.29 is 0 Å². The van der Waals surface area contributed by atoms with Gasteiger partial charge in [-0.3, -0.25) is 0 Å². The third-order valence-corrected chi connectivity index (χ3v) is 6.39. The molecule has 0 N–H and O–H groups in total. The van der Waals surface area contributed by atoms with Crippen molar-refractivity contribution >= 4 is 14.1 Å². The molecular formula is C21H28Si. The lowest BCUT2D eigenvalue weighted by atomic mass is 9.87. The zero-order chi connectivity index (χ0) is 16.2. The van der Waals surface area contributed by atoms with E-state index >= 15 is 0 Å². The minimum atomic E-state index is -1.36. The van der Waals surface area contributed by atoms with Crippen LogP contribution in [0.4, 0.5) is 0 Å². The Morgan fingerprint density at radius 3 is 2.00 bits per heavy atom. The molecule has 2 aromatic carbocycles. The molecule has 0 heterocycles. The van der Waals surface area contributed by atoms with Crippen molar-refractivity contribution in [2.24, 2.45) is 0 Å². The van der Waals surface area contributed by atoms with Gasteiger partial charge in [-0.2, -0.15) is 0 Å². The van der Waals surface area contributed by atoms with Gasteiger partial charge in [-0.25, -0.2) is 0 Å². The molecule has 2 aromatic rings. The van der Waals surface area contributed by atoms with E-state index in [2.05, 4.69) is 100 Å². The van der Waals surface area contributed by atoms with E-state index in [-0.39, 0.29) is 5.41 Å². The minimum Gasteiger partial charge on any atom is -0.0938 e. The molecule has 0 amide bonds. The maximum atomic E-state index is 2.46. The second-order valence-electron chi connectivity index (χ2n) is 7.86. The first kappa shape index (κ1) is 16.8. The molecule has 0 fully saturated rings. The Kier molecular flexibility index (Phi) is 5.07. The SMILES string of the molecule is CC(C)(C)c1ccc(/C=C/[Si](C)(C)Cc2ccccc2)cc1. The highest BCUT2D eigenvalue weighted by Crippen LogP contribution is 2.23. The van der Waals surface area contributed by atoms with E-state index in [1.165, 1.54) is 22.7 Å². The highest BCUT2D eigenvalue weighted by molar-refractivity contribution is 6.82. The van der Waals surface area contributed by atoms with Crippen LogP contribution in [0.5, 0.6) is 0 Å². The summed E-state index contributed by atoms with van der Waals surface area (Å²) in [5, 5.41) is 0. The maximum Gasteiger partial charge on any atom is 0.0760 e. The summed E-state index contributed by atoms with van der Waals surface area (Å²) in [5.41, 5.74) is 6.84. The molecule has 0 nitrogen and oxygen atoms in total. The van der Waals surface area contributed by atoms with Crippen molar-refractivity contribution in [3.05, 3.63) is 77.0 Å². The average molecular weight is 309 g/mol. The molecule has 0 saturated heterocycles. The molecule has 1 heteroatoms. The molecule has 0 spiro atoms. The monoisotopic (exact) mass is 308 g/mol. The van der Waals surface area contributed by atoms with Gasteiger partial charge in [0.15, 0.2) is 0 Å². The zero-order valence-corrected chi connectivity index (χ0v) is 15.6. The number of hydrogen-bond acceptors (Lipinski definition) is 0. The highest BCUT2D eigenvalue weighted by atomic mass is 28.3. The van der Waals surface area contributed by atoms with Gasteiger partial charge in [-0.15, -0.1) is 0 Å². The first-order valence-electron chi connectivity index (χ1n) is 8.10. The summed E-state index contributed by atoms with van der Waals surface area (Å²) in [6.07, 6.45) is 2.31. The molecule has 0 bridgehead atoms. The van der Waals surface area contributed by atoms with E-state index in [0.717, 1.165) is 0 Å². The van der Waals surface area contributed by atoms with Crippen molar-refractivity contribution in [2.45, 2.75) is 45.3 Å². The minimum absolute atomic E-state index is 0.226. The van der Waals surface area contributed by atoms with E-state index in [1.54, 1.807) is 0 Å². The van der Waals surface area contributed by atoms with Crippen LogP contribution in [0.25, 0.3) is 6.08 Å². The molecule has 0 aliphatic carbocycles. The van der Waals surface area contributed by atoms with Crippen LogP contribution in [0.15, 0.2) is 60.3 Å². The average Bonchev–Trinajstić information content (AvgIpc) is 2.45. The first-order valence-corrected chi connectivity index (χ1v) is 11.4. The lowest BCUT2D eigenvalue weighted by Crippen LogP contribution is -2.26. The summed E-state index contributed by atoms with van der Waals surface area (Å²) in [6.45, 7) is 11.6. The van der Waals surface area contributed by atoms with Crippen LogP contribution in [0, 0.1) is 0 Å². The number of rotatable bonds is 4. The Bertz CT molecular complexity index is 613. The van der Waals surface area contributed by atoms with Crippen LogP contribution in [0.3, 0.4) is 0 Å². The third kappa shape index (κ3) is 4.99. The fraction of sp³-hybridized carbons (Fsp3) is 0.333. The van der Waals surface area contributed by atoms with E-state index in [4.69, 9.17) is 0 Å². The Morgan fingerprint density at radius 2 is 1.45 bits per heavy atom. The van der Waals surface area contributed by atoms with Crippen LogP contribution in [0.1, 0.15) is 37.5 Å². The van der Waals surface area contributed by atoms with E-state index in [1.807, 2.05) is 0 Å². The molecular weight excluding hydrogens is 280 g/mol. The van der Waals surface area contributed by atoms with E-state index < -0.39 is 8.07 Å². The van der Waals surface area contributed by atoms with Gasteiger partial charge < -0.3 is 0 Å². The van der Waals surface area contributed by atoms with Crippen molar-refractivity contribution in [3.63, 3.8) is 0 Å². The summed E-state index contributed by atoms with van der Waals surface area (Å²) in [6, 6.07) is 21.0. The normalized spacial score (nSPS) is 12.8. The van der Waals surface area contributed by atoms with E-state index in [9.17, 15) is 0 Å². The molecule has 0 aliphatic rings. The van der Waals surface area contributed by atoms with Crippen molar-refractivity contribution in [1.82, 2.24) is 0 Å². The lowest BCUT2D eigenvalue weighted by Gasteiger charge is -2.19. The summed E-state index contributed by atoms with van der Waals surface area (Å²) in [5.74, 6) is 0. The maximum absolute atomic E-state index is 2.46. The smallest absolute Gasteiger partial charge is 0.0760 e. The van der Waals surface area contributed by atoms with Gasteiger partial charge in [0.25, 0.3) is 0 Å². The van der Waals surface area contributed by atoms with Gasteiger partial charge in [0, 0.05) is 0 Å². The van der Waals surface area contributed by atoms with Crippen LogP contribution in [0.2, 0.25) is 13.1 Å². The Hall–Kier alpha value is -1.60. The van der Waals surface area contributed by atoms with Crippen molar-refractivity contribution in [3.8, 4) is 0 Å². The lowest BCUT2D eigenvalue weighted by molar-refractivity contribution is 0.590. The summed E-state index contributed by atoms with van der Waals surface area (Å²) in [7, 11) is -1.36. The first-order chi connectivity index (χ1) is 10.3. The van der Waals surface area contributed by atoms with Gasteiger partial charge >= 0.3 is 0 Å². The van der Waals surface area contributed by atoms with Gasteiger partial charge in [-0.05, 0) is 22.6 Å². The number of hydrogen-bond donors (Lipinski definition) is 0. The standard InChI is InChI=1S/C21H28Si/c1-21(2,3)20-13-11-18(12-14-20)15-16-22(4,5)17-19-9-7-6-8-10-19/h6-16H,17H2,1-5H3/b16-15+. The van der Waals surface area contributed by atoms with Crippen molar-refractivity contribution in [2.75, 3.05) is 0 Å². The third-order valence-electron chi connectivity index (χ3n) is 4.01. The predicted molar refractivity (Wildman–Crippen MR) is 102 cm³/mol. The molecule has 0 aliphatic heterocycles. The Morgan fingerprint density at radius 1 is 0.864 bits per heavy atom.